The molecule has 0 radical (unpaired) electrons. The van der Waals surface area contributed by atoms with Gasteiger partial charge in [0.15, 0.2) is 11.6 Å². The molecule has 1 aromatic carbocycles. The maximum absolute atomic E-state index is 14.7. The van der Waals surface area contributed by atoms with Crippen LogP contribution in [0.25, 0.3) is 22.1 Å². The van der Waals surface area contributed by atoms with Crippen LogP contribution in [0, 0.1) is 13.8 Å². The summed E-state index contributed by atoms with van der Waals surface area (Å²) in [7, 11) is 1.36. The van der Waals surface area contributed by atoms with Crippen molar-refractivity contribution < 1.29 is 28.7 Å². The average molecular weight is 757 g/mol. The minimum atomic E-state index is -1.26. The number of carbonyl (C=O) groups excluding carboxylic acids is 4. The lowest BCUT2D eigenvalue weighted by molar-refractivity contribution is -0.145. The fraction of sp³-hybridized carbons (Fsp3) is 0.435. The molecule has 0 amide bonds. The van der Waals surface area contributed by atoms with Crippen LogP contribution >= 0.6 is 0 Å². The van der Waals surface area contributed by atoms with E-state index in [-0.39, 0.29) is 59.7 Å². The summed E-state index contributed by atoms with van der Waals surface area (Å²) in [4.78, 5) is 72.1. The Bertz CT molecular complexity index is 2450. The maximum atomic E-state index is 14.7. The molecule has 2 aliphatic heterocycles. The van der Waals surface area contributed by atoms with Crippen molar-refractivity contribution in [1.29, 1.82) is 0 Å². The van der Waals surface area contributed by atoms with Crippen molar-refractivity contribution in [1.82, 2.24) is 19.9 Å². The van der Waals surface area contributed by atoms with E-state index >= 15 is 0 Å². The molecule has 3 aliphatic rings. The number of hydrogen-bond acceptors (Lipinski definition) is 8. The molecule has 0 spiro atoms. The molecule has 10 nitrogen and oxygen atoms in total. The van der Waals surface area contributed by atoms with Crippen molar-refractivity contribution in [3.8, 4) is 0 Å². The van der Waals surface area contributed by atoms with Gasteiger partial charge < -0.3 is 19.4 Å². The Morgan fingerprint density at radius 2 is 1.46 bits per heavy atom. The first-order chi connectivity index (χ1) is 26.5. The van der Waals surface area contributed by atoms with Crippen LogP contribution in [-0.4, -0.2) is 50.6 Å². The number of benzene rings is 1. The molecule has 0 saturated heterocycles. The van der Waals surface area contributed by atoms with Gasteiger partial charge in [-0.1, -0.05) is 65.8 Å². The fourth-order valence-corrected chi connectivity index (χ4v) is 8.93. The summed E-state index contributed by atoms with van der Waals surface area (Å²) in [6.07, 6.45) is 1.34. The third kappa shape index (κ3) is 6.66. The van der Waals surface area contributed by atoms with Gasteiger partial charge in [-0.05, 0) is 79.5 Å². The van der Waals surface area contributed by atoms with Gasteiger partial charge >= 0.3 is 11.9 Å². The SMILES string of the molecule is CCC1c2cc3[nH]c4c(c3C)C(=O)C(C(=O)OCc3ccc(C(C)(C)C)cc3)c4c3nc(cc4[nH]c(cc(n2)C1C)c(C(C)=O)c4C)C(C)C3CCC(=O)OC. The van der Waals surface area contributed by atoms with Crippen LogP contribution in [0.4, 0.5) is 0 Å². The number of fused-ring (bicyclic) bond motifs is 8. The summed E-state index contributed by atoms with van der Waals surface area (Å²) in [5.41, 5.74) is 10.7. The zero-order valence-corrected chi connectivity index (χ0v) is 34.1. The second-order valence-electron chi connectivity index (χ2n) is 16.8. The summed E-state index contributed by atoms with van der Waals surface area (Å²) in [6, 6.07) is 13.9. The predicted molar refractivity (Wildman–Crippen MR) is 216 cm³/mol. The van der Waals surface area contributed by atoms with Crippen molar-refractivity contribution in [2.24, 2.45) is 0 Å². The number of Topliss-reactive ketones (excluding diaryl/α,β-unsaturated/α-hetero) is 2. The smallest absolute Gasteiger partial charge is 0.321 e. The molecule has 5 heterocycles. The van der Waals surface area contributed by atoms with Crippen LogP contribution in [0.5, 0.6) is 0 Å². The normalized spacial score (nSPS) is 20.3. The second kappa shape index (κ2) is 14.6. The van der Waals surface area contributed by atoms with Gasteiger partial charge in [0.1, 0.15) is 12.5 Å². The number of ketones is 2. The first-order valence-corrected chi connectivity index (χ1v) is 19.7. The third-order valence-corrected chi connectivity index (χ3v) is 12.3. The van der Waals surface area contributed by atoms with Crippen LogP contribution in [0.1, 0.15) is 169 Å². The van der Waals surface area contributed by atoms with Crippen molar-refractivity contribution in [2.75, 3.05) is 7.11 Å². The first-order valence-electron chi connectivity index (χ1n) is 19.7. The van der Waals surface area contributed by atoms with Crippen molar-refractivity contribution >= 4 is 45.6 Å². The minimum Gasteiger partial charge on any atom is -0.469 e. The monoisotopic (exact) mass is 756 g/mol. The molecular formula is C46H52N4O6. The molecule has 8 bridgehead atoms. The third-order valence-electron chi connectivity index (χ3n) is 12.3. The first kappa shape index (κ1) is 38.9. The topological polar surface area (TPSA) is 144 Å². The Morgan fingerprint density at radius 1 is 0.839 bits per heavy atom. The minimum absolute atomic E-state index is 0.00520. The molecule has 4 aromatic rings. The molecule has 56 heavy (non-hydrogen) atoms. The number of hydrogen-bond donors (Lipinski definition) is 2. The molecule has 3 aromatic heterocycles. The Balaban J connectivity index is 1.49. The van der Waals surface area contributed by atoms with E-state index in [1.165, 1.54) is 7.11 Å². The van der Waals surface area contributed by atoms with Gasteiger partial charge in [-0.3, -0.25) is 29.1 Å². The van der Waals surface area contributed by atoms with E-state index in [2.05, 4.69) is 44.6 Å². The highest BCUT2D eigenvalue weighted by Gasteiger charge is 2.46. The summed E-state index contributed by atoms with van der Waals surface area (Å²) in [5.74, 6) is -3.04. The quantitative estimate of drug-likeness (QED) is 0.103. The van der Waals surface area contributed by atoms with Crippen LogP contribution in [-0.2, 0) is 31.1 Å². The van der Waals surface area contributed by atoms with Crippen LogP contribution in [0.3, 0.4) is 0 Å². The van der Waals surface area contributed by atoms with Gasteiger partial charge in [-0.25, -0.2) is 0 Å². The molecule has 5 atom stereocenters. The predicted octanol–water partition coefficient (Wildman–Crippen LogP) is 9.59. The molecule has 2 N–H and O–H groups in total. The lowest BCUT2D eigenvalue weighted by atomic mass is 9.84. The number of esters is 2. The molecule has 5 unspecified atom stereocenters. The largest absolute Gasteiger partial charge is 0.469 e. The molecule has 10 heteroatoms. The van der Waals surface area contributed by atoms with Crippen LogP contribution in [0.2, 0.25) is 0 Å². The Morgan fingerprint density at radius 3 is 2.11 bits per heavy atom. The molecule has 1 aliphatic carbocycles. The number of aryl methyl sites for hydroxylation is 2. The van der Waals surface area contributed by atoms with E-state index in [0.717, 1.165) is 51.1 Å². The molecule has 0 saturated carbocycles. The van der Waals surface area contributed by atoms with Gasteiger partial charge in [0.05, 0.1) is 23.8 Å². The Labute approximate surface area is 327 Å². The zero-order chi connectivity index (χ0) is 40.4. The maximum Gasteiger partial charge on any atom is 0.321 e. The van der Waals surface area contributed by atoms with E-state index in [0.29, 0.717) is 45.5 Å². The number of aromatic amines is 2. The zero-order valence-electron chi connectivity index (χ0n) is 34.1. The summed E-state index contributed by atoms with van der Waals surface area (Å²) in [6.45, 7) is 18.2. The lowest BCUT2D eigenvalue weighted by Crippen LogP contribution is -2.22. The van der Waals surface area contributed by atoms with Crippen LogP contribution in [0.15, 0.2) is 42.5 Å². The number of nitrogens with one attached hydrogen (secondary N) is 2. The van der Waals surface area contributed by atoms with E-state index < -0.39 is 11.9 Å². The van der Waals surface area contributed by atoms with E-state index in [1.807, 2.05) is 63.2 Å². The van der Waals surface area contributed by atoms with Crippen molar-refractivity contribution in [3.05, 3.63) is 104 Å². The number of carbonyl (C=O) groups is 4. The number of ether oxygens (including phenoxy) is 2. The Hall–Kier alpha value is -5.38. The van der Waals surface area contributed by atoms with Gasteiger partial charge in [0.25, 0.3) is 0 Å². The summed E-state index contributed by atoms with van der Waals surface area (Å²) in [5, 5.41) is 0. The van der Waals surface area contributed by atoms with Gasteiger partial charge in [0, 0.05) is 74.9 Å². The summed E-state index contributed by atoms with van der Waals surface area (Å²) < 4.78 is 11.0. The molecule has 292 valence electrons. The highest BCUT2D eigenvalue weighted by molar-refractivity contribution is 6.23. The van der Waals surface area contributed by atoms with Gasteiger partial charge in [0.2, 0.25) is 0 Å². The lowest BCUT2D eigenvalue weighted by Gasteiger charge is -2.20. The standard InChI is InChI=1S/C46H52N4O6/c1-11-29-22(2)31-20-36-38(26(6)51)24(4)33(48-36)18-32-23(3)30(16-17-37(52)55-10)42(49-32)40-41(44(53)39-25(5)34(50-43(39)40)19-35(29)47-31)45(54)56-21-27-12-14-28(15-13-27)46(7,8)9/h12-15,18-20,22-23,29-30,41,48,50H,11,16-17,21H2,1-10H3. The highest BCUT2D eigenvalue weighted by Crippen LogP contribution is 2.48. The van der Waals surface area contributed by atoms with Crippen molar-refractivity contribution in [3.63, 3.8) is 0 Å². The highest BCUT2D eigenvalue weighted by atomic mass is 16.5. The average Bonchev–Trinajstić information content (AvgIpc) is 3.90. The van der Waals surface area contributed by atoms with Crippen molar-refractivity contribution in [2.45, 2.75) is 123 Å². The number of methoxy groups -OCH3 is 1. The number of aromatic nitrogens is 4. The second-order valence-corrected chi connectivity index (χ2v) is 16.8. The van der Waals surface area contributed by atoms with E-state index in [4.69, 9.17) is 19.4 Å². The number of nitrogens with zero attached hydrogens (tertiary/aromatic N) is 2. The fourth-order valence-electron chi connectivity index (χ4n) is 8.93. The van der Waals surface area contributed by atoms with Gasteiger partial charge in [-0.2, -0.15) is 0 Å². The van der Waals surface area contributed by atoms with E-state index in [1.54, 1.807) is 6.92 Å². The molecular weight excluding hydrogens is 705 g/mol. The number of rotatable bonds is 8. The molecule has 7 rings (SSSR count). The Kier molecular flexibility index (Phi) is 10.1. The van der Waals surface area contributed by atoms with Gasteiger partial charge in [-0.15, -0.1) is 0 Å². The van der Waals surface area contributed by atoms with E-state index in [9.17, 15) is 19.2 Å². The summed E-state index contributed by atoms with van der Waals surface area (Å²) >= 11 is 0. The number of H-pyrrole nitrogens is 2. The molecule has 0 fully saturated rings. The van der Waals surface area contributed by atoms with Crippen LogP contribution < -0.4 is 0 Å².